The van der Waals surface area contributed by atoms with Crippen molar-refractivity contribution < 1.29 is 0 Å². The van der Waals surface area contributed by atoms with E-state index in [2.05, 4.69) is 33.5 Å². The fourth-order valence-corrected chi connectivity index (χ4v) is 4.25. The Morgan fingerprint density at radius 2 is 1.95 bits per heavy atom. The van der Waals surface area contributed by atoms with Gasteiger partial charge in [-0.25, -0.2) is 0 Å². The lowest BCUT2D eigenvalue weighted by molar-refractivity contribution is 0.0672. The monoisotopic (exact) mass is 310 g/mol. The molecule has 21 heavy (non-hydrogen) atoms. The minimum Gasteiger partial charge on any atom is -0.370 e. The van der Waals surface area contributed by atoms with Crippen LogP contribution in [0, 0.1) is 0 Å². The maximum absolute atomic E-state index is 6.00. The van der Waals surface area contributed by atoms with Crippen LogP contribution in [0.2, 0.25) is 0 Å². The largest absolute Gasteiger partial charge is 0.370 e. The predicted octanol–water partition coefficient (Wildman–Crippen LogP) is 2.22. The Balaban J connectivity index is 1.98. The van der Waals surface area contributed by atoms with Gasteiger partial charge in [0.1, 0.15) is 0 Å². The molecule has 0 amide bonds. The highest BCUT2D eigenvalue weighted by molar-refractivity contribution is 7.99. The second-order valence-electron chi connectivity index (χ2n) is 6.40. The predicted molar refractivity (Wildman–Crippen MR) is 94.0 cm³/mol. The Hall–Kier alpha value is -0.680. The molecule has 3 N–H and O–H groups in total. The van der Waals surface area contributed by atoms with Crippen LogP contribution in [-0.2, 0) is 0 Å². The molecule has 1 aliphatic carbocycles. The molecule has 120 valence electrons. The van der Waals surface area contributed by atoms with Crippen molar-refractivity contribution in [3.05, 3.63) is 12.2 Å². The summed E-state index contributed by atoms with van der Waals surface area (Å²) in [6.45, 7) is 9.84. The van der Waals surface area contributed by atoms with E-state index in [9.17, 15) is 0 Å². The Morgan fingerprint density at radius 3 is 2.57 bits per heavy atom. The Morgan fingerprint density at radius 1 is 1.29 bits per heavy atom. The van der Waals surface area contributed by atoms with Crippen LogP contribution in [0.25, 0.3) is 0 Å². The second-order valence-corrected chi connectivity index (χ2v) is 7.62. The fourth-order valence-electron chi connectivity index (χ4n) is 3.35. The van der Waals surface area contributed by atoms with E-state index in [0.29, 0.717) is 12.5 Å². The molecule has 1 saturated carbocycles. The maximum Gasteiger partial charge on any atom is 0.188 e. The molecule has 5 heteroatoms. The molecular formula is C16H30N4S. The molecule has 4 nitrogen and oxygen atoms in total. The van der Waals surface area contributed by atoms with Gasteiger partial charge in [0.2, 0.25) is 0 Å². The van der Waals surface area contributed by atoms with Gasteiger partial charge in [-0.1, -0.05) is 31.4 Å². The van der Waals surface area contributed by atoms with Gasteiger partial charge in [0, 0.05) is 36.7 Å². The van der Waals surface area contributed by atoms with Gasteiger partial charge in [0.15, 0.2) is 5.96 Å². The molecular weight excluding hydrogens is 280 g/mol. The highest BCUT2D eigenvalue weighted by atomic mass is 32.2. The first-order chi connectivity index (χ1) is 10.1. The van der Waals surface area contributed by atoms with Crippen LogP contribution in [0.4, 0.5) is 0 Å². The van der Waals surface area contributed by atoms with Gasteiger partial charge in [-0.05, 0) is 19.8 Å². The summed E-state index contributed by atoms with van der Waals surface area (Å²) in [4.78, 5) is 7.35. The minimum absolute atomic E-state index is 0.259. The number of nitrogens with zero attached hydrogens (tertiary/aromatic N) is 2. The summed E-state index contributed by atoms with van der Waals surface area (Å²) in [5.41, 5.74) is 7.34. The Kier molecular flexibility index (Phi) is 6.42. The van der Waals surface area contributed by atoms with Gasteiger partial charge in [-0.15, -0.1) is 0 Å². The molecule has 2 rings (SSSR count). The molecule has 0 spiro atoms. The average molecular weight is 311 g/mol. The van der Waals surface area contributed by atoms with E-state index >= 15 is 0 Å². The van der Waals surface area contributed by atoms with Crippen molar-refractivity contribution in [3.63, 3.8) is 0 Å². The number of guanidine groups is 1. The molecule has 1 saturated heterocycles. The zero-order valence-corrected chi connectivity index (χ0v) is 14.2. The lowest BCUT2D eigenvalue weighted by Gasteiger charge is -2.47. The first kappa shape index (κ1) is 16.7. The van der Waals surface area contributed by atoms with Gasteiger partial charge < -0.3 is 11.1 Å². The third kappa shape index (κ3) is 4.92. The molecule has 2 fully saturated rings. The molecule has 2 aliphatic rings. The summed E-state index contributed by atoms with van der Waals surface area (Å²) in [5.74, 6) is 3.08. The van der Waals surface area contributed by atoms with Crippen molar-refractivity contribution in [1.29, 1.82) is 0 Å². The lowest BCUT2D eigenvalue weighted by atomic mass is 9.80. The first-order valence-electron chi connectivity index (χ1n) is 8.13. The van der Waals surface area contributed by atoms with Gasteiger partial charge >= 0.3 is 0 Å². The van der Waals surface area contributed by atoms with Crippen LogP contribution in [0.1, 0.15) is 39.0 Å². The molecule has 1 heterocycles. The molecule has 1 aliphatic heterocycles. The highest BCUT2D eigenvalue weighted by Crippen LogP contribution is 2.35. The summed E-state index contributed by atoms with van der Waals surface area (Å²) in [5, 5.41) is 3.15. The van der Waals surface area contributed by atoms with E-state index in [1.165, 1.54) is 56.7 Å². The van der Waals surface area contributed by atoms with Crippen LogP contribution >= 0.6 is 11.8 Å². The van der Waals surface area contributed by atoms with Crippen molar-refractivity contribution in [1.82, 2.24) is 10.2 Å². The summed E-state index contributed by atoms with van der Waals surface area (Å²) in [6.07, 6.45) is 6.58. The summed E-state index contributed by atoms with van der Waals surface area (Å²) in [7, 11) is 0. The number of hydrogen-bond acceptors (Lipinski definition) is 3. The van der Waals surface area contributed by atoms with Crippen molar-refractivity contribution in [3.8, 4) is 0 Å². The SMILES string of the molecule is C=C(C)CNC(N)=NCC1(N2CCSCC2)CCCCC1. The van der Waals surface area contributed by atoms with Crippen molar-refractivity contribution in [2.24, 2.45) is 10.7 Å². The number of rotatable bonds is 5. The smallest absolute Gasteiger partial charge is 0.188 e. The zero-order valence-electron chi connectivity index (χ0n) is 13.4. The van der Waals surface area contributed by atoms with Crippen LogP contribution in [0.5, 0.6) is 0 Å². The number of aliphatic imine (C=N–C) groups is 1. The fraction of sp³-hybridized carbons (Fsp3) is 0.812. The highest BCUT2D eigenvalue weighted by Gasteiger charge is 2.38. The molecule has 0 aromatic heterocycles. The van der Waals surface area contributed by atoms with Crippen molar-refractivity contribution in [2.75, 3.05) is 37.7 Å². The average Bonchev–Trinajstić information content (AvgIpc) is 2.52. The standard InChI is InChI=1S/C16H30N4S/c1-14(2)12-18-15(17)19-13-16(6-4-3-5-7-16)20-8-10-21-11-9-20/h1,3-13H2,2H3,(H3,17,18,19). The van der Waals surface area contributed by atoms with E-state index in [4.69, 9.17) is 5.73 Å². The van der Waals surface area contributed by atoms with E-state index in [-0.39, 0.29) is 5.54 Å². The van der Waals surface area contributed by atoms with Crippen LogP contribution in [0.3, 0.4) is 0 Å². The van der Waals surface area contributed by atoms with Crippen molar-refractivity contribution in [2.45, 2.75) is 44.6 Å². The second kappa shape index (κ2) is 8.08. The van der Waals surface area contributed by atoms with Crippen LogP contribution < -0.4 is 11.1 Å². The lowest BCUT2D eigenvalue weighted by Crippen LogP contribution is -2.55. The molecule has 0 aromatic carbocycles. The van der Waals surface area contributed by atoms with E-state index in [1.807, 2.05) is 6.92 Å². The van der Waals surface area contributed by atoms with Gasteiger partial charge in [-0.3, -0.25) is 9.89 Å². The summed E-state index contributed by atoms with van der Waals surface area (Å²) < 4.78 is 0. The van der Waals surface area contributed by atoms with Gasteiger partial charge in [-0.2, -0.15) is 11.8 Å². The van der Waals surface area contributed by atoms with Gasteiger partial charge in [0.25, 0.3) is 0 Å². The first-order valence-corrected chi connectivity index (χ1v) is 9.29. The van der Waals surface area contributed by atoms with Gasteiger partial charge in [0.05, 0.1) is 6.54 Å². The normalized spacial score (nSPS) is 23.8. The number of thioether (sulfide) groups is 1. The topological polar surface area (TPSA) is 53.6 Å². The van der Waals surface area contributed by atoms with E-state index < -0.39 is 0 Å². The van der Waals surface area contributed by atoms with Crippen LogP contribution in [-0.4, -0.2) is 54.1 Å². The molecule has 0 aromatic rings. The summed E-state index contributed by atoms with van der Waals surface area (Å²) >= 11 is 2.07. The van der Waals surface area contributed by atoms with E-state index in [1.54, 1.807) is 0 Å². The maximum atomic E-state index is 6.00. The third-order valence-corrected chi connectivity index (χ3v) is 5.52. The number of nitrogens with one attached hydrogen (secondary N) is 1. The molecule has 0 atom stereocenters. The van der Waals surface area contributed by atoms with Crippen LogP contribution in [0.15, 0.2) is 17.1 Å². The number of nitrogens with two attached hydrogens (primary N) is 1. The molecule has 0 radical (unpaired) electrons. The Bertz CT molecular complexity index is 368. The van der Waals surface area contributed by atoms with Crippen molar-refractivity contribution >= 4 is 17.7 Å². The Labute approximate surface area is 133 Å². The van der Waals surface area contributed by atoms with E-state index in [0.717, 1.165) is 12.1 Å². The minimum atomic E-state index is 0.259. The number of hydrogen-bond donors (Lipinski definition) is 2. The molecule has 0 unspecified atom stereocenters. The summed E-state index contributed by atoms with van der Waals surface area (Å²) in [6, 6.07) is 0. The third-order valence-electron chi connectivity index (χ3n) is 4.58. The quantitative estimate of drug-likeness (QED) is 0.464. The zero-order chi connectivity index (χ0) is 15.1. The molecule has 0 bridgehead atoms.